The molecule has 3 nitrogen and oxygen atoms in total. The van der Waals surface area contributed by atoms with Crippen LogP contribution in [0.5, 0.6) is 0 Å². The zero-order valence-electron chi connectivity index (χ0n) is 6.72. The van der Waals surface area contributed by atoms with E-state index in [-0.39, 0.29) is 11.6 Å². The summed E-state index contributed by atoms with van der Waals surface area (Å²) in [5.74, 6) is 0. The summed E-state index contributed by atoms with van der Waals surface area (Å²) >= 11 is 0. The van der Waals surface area contributed by atoms with Crippen LogP contribution in [0.15, 0.2) is 16.9 Å². The van der Waals surface area contributed by atoms with Gasteiger partial charge in [-0.3, -0.25) is 4.79 Å². The molecule has 0 unspecified atom stereocenters. The minimum atomic E-state index is -0.0858. The molecule has 0 fully saturated rings. The van der Waals surface area contributed by atoms with Crippen LogP contribution >= 0.6 is 0 Å². The van der Waals surface area contributed by atoms with Crippen LogP contribution in [0.25, 0.3) is 0 Å². The molecule has 1 heterocycles. The van der Waals surface area contributed by atoms with Gasteiger partial charge in [-0.2, -0.15) is 0 Å². The summed E-state index contributed by atoms with van der Waals surface area (Å²) in [6.45, 7) is 3.70. The van der Waals surface area contributed by atoms with Crippen LogP contribution in [0.4, 0.5) is 0 Å². The summed E-state index contributed by atoms with van der Waals surface area (Å²) in [7, 11) is 0. The maximum Gasteiger partial charge on any atom is 0.248 e. The second-order valence-corrected chi connectivity index (χ2v) is 2.75. The number of H-pyrrole nitrogens is 1. The van der Waals surface area contributed by atoms with E-state index in [9.17, 15) is 4.79 Å². The van der Waals surface area contributed by atoms with Crippen molar-refractivity contribution in [1.82, 2.24) is 4.98 Å². The van der Waals surface area contributed by atoms with E-state index in [0.717, 1.165) is 11.3 Å². The van der Waals surface area contributed by atoms with E-state index in [2.05, 4.69) is 4.98 Å². The molecular formula is C8H12N2O. The average molecular weight is 152 g/mol. The molecule has 0 aromatic carbocycles. The Bertz CT molecular complexity index is 301. The van der Waals surface area contributed by atoms with Crippen LogP contribution in [0.2, 0.25) is 0 Å². The monoisotopic (exact) mass is 152 g/mol. The van der Waals surface area contributed by atoms with E-state index in [1.807, 2.05) is 19.9 Å². The molecule has 0 bridgehead atoms. The maximum absolute atomic E-state index is 10.9. The summed E-state index contributed by atoms with van der Waals surface area (Å²) in [6, 6.07) is 3.33. The molecule has 3 N–H and O–H groups in total. The lowest BCUT2D eigenvalue weighted by atomic mass is 10.1. The Morgan fingerprint density at radius 3 is 2.64 bits per heavy atom. The molecule has 0 saturated carbocycles. The molecule has 1 aromatic rings. The van der Waals surface area contributed by atoms with Crippen LogP contribution in [-0.2, 0) is 0 Å². The Kier molecular flexibility index (Phi) is 2.10. The van der Waals surface area contributed by atoms with Crippen molar-refractivity contribution in [3.8, 4) is 0 Å². The van der Waals surface area contributed by atoms with Gasteiger partial charge in [0.15, 0.2) is 0 Å². The van der Waals surface area contributed by atoms with Gasteiger partial charge >= 0.3 is 0 Å². The third-order valence-electron chi connectivity index (χ3n) is 1.53. The predicted octanol–water partition coefficient (Wildman–Crippen LogP) is 0.703. The van der Waals surface area contributed by atoms with Gasteiger partial charge in [0, 0.05) is 17.8 Å². The van der Waals surface area contributed by atoms with Crippen LogP contribution < -0.4 is 11.3 Å². The second kappa shape index (κ2) is 2.88. The summed E-state index contributed by atoms with van der Waals surface area (Å²) in [6.07, 6.45) is 0. The Labute approximate surface area is 65.2 Å². The summed E-state index contributed by atoms with van der Waals surface area (Å²) in [4.78, 5) is 13.6. The fourth-order valence-corrected chi connectivity index (χ4v) is 0.972. The number of aryl methyl sites for hydroxylation is 1. The van der Waals surface area contributed by atoms with Gasteiger partial charge in [-0.15, -0.1) is 0 Å². The molecule has 0 radical (unpaired) electrons. The van der Waals surface area contributed by atoms with Crippen molar-refractivity contribution in [3.05, 3.63) is 33.7 Å². The third-order valence-corrected chi connectivity index (χ3v) is 1.53. The predicted molar refractivity (Wildman–Crippen MR) is 44.4 cm³/mol. The van der Waals surface area contributed by atoms with Crippen molar-refractivity contribution in [3.63, 3.8) is 0 Å². The highest BCUT2D eigenvalue weighted by Crippen LogP contribution is 2.06. The zero-order chi connectivity index (χ0) is 8.43. The van der Waals surface area contributed by atoms with E-state index in [1.165, 1.54) is 6.07 Å². The molecule has 0 aliphatic heterocycles. The Morgan fingerprint density at radius 2 is 2.18 bits per heavy atom. The van der Waals surface area contributed by atoms with Crippen molar-refractivity contribution < 1.29 is 0 Å². The summed E-state index contributed by atoms with van der Waals surface area (Å²) in [5, 5.41) is 0. The maximum atomic E-state index is 10.9. The van der Waals surface area contributed by atoms with Gasteiger partial charge in [-0.1, -0.05) is 0 Å². The molecular weight excluding hydrogens is 140 g/mol. The van der Waals surface area contributed by atoms with E-state index in [0.29, 0.717) is 0 Å². The standard InChI is InChI=1S/C8H12N2O/c1-5-3-7(6(2)9)4-8(11)10-5/h3-4,6H,9H2,1-2H3,(H,10,11)/t6-/m0/s1. The lowest BCUT2D eigenvalue weighted by Crippen LogP contribution is -2.12. The summed E-state index contributed by atoms with van der Waals surface area (Å²) < 4.78 is 0. The van der Waals surface area contributed by atoms with E-state index in [4.69, 9.17) is 5.73 Å². The van der Waals surface area contributed by atoms with Crippen molar-refractivity contribution >= 4 is 0 Å². The lowest BCUT2D eigenvalue weighted by molar-refractivity contribution is 0.810. The van der Waals surface area contributed by atoms with Crippen LogP contribution in [0, 0.1) is 6.92 Å². The Morgan fingerprint density at radius 1 is 1.55 bits per heavy atom. The number of pyridine rings is 1. The van der Waals surface area contributed by atoms with Crippen molar-refractivity contribution in [1.29, 1.82) is 0 Å². The molecule has 60 valence electrons. The SMILES string of the molecule is Cc1cc([C@H](C)N)cc(=O)[nH]1. The molecule has 11 heavy (non-hydrogen) atoms. The topological polar surface area (TPSA) is 58.9 Å². The first-order valence-corrected chi connectivity index (χ1v) is 3.56. The van der Waals surface area contributed by atoms with Gasteiger partial charge < -0.3 is 10.7 Å². The van der Waals surface area contributed by atoms with Gasteiger partial charge in [0.05, 0.1) is 0 Å². The first-order chi connectivity index (χ1) is 5.09. The third kappa shape index (κ3) is 1.91. The van der Waals surface area contributed by atoms with Crippen molar-refractivity contribution in [2.24, 2.45) is 5.73 Å². The molecule has 0 aliphatic rings. The van der Waals surface area contributed by atoms with Crippen LogP contribution in [0.3, 0.4) is 0 Å². The molecule has 0 aliphatic carbocycles. The second-order valence-electron chi connectivity index (χ2n) is 2.75. The van der Waals surface area contributed by atoms with E-state index < -0.39 is 0 Å². The van der Waals surface area contributed by atoms with Crippen molar-refractivity contribution in [2.75, 3.05) is 0 Å². The van der Waals surface area contributed by atoms with E-state index in [1.54, 1.807) is 0 Å². The molecule has 3 heteroatoms. The van der Waals surface area contributed by atoms with E-state index >= 15 is 0 Å². The normalized spacial score (nSPS) is 13.0. The number of nitrogens with one attached hydrogen (secondary N) is 1. The Balaban J connectivity index is 3.19. The first kappa shape index (κ1) is 8.01. The minimum Gasteiger partial charge on any atom is -0.326 e. The van der Waals surface area contributed by atoms with Crippen LogP contribution in [0.1, 0.15) is 24.2 Å². The van der Waals surface area contributed by atoms with Gasteiger partial charge in [0.2, 0.25) is 5.56 Å². The Hall–Kier alpha value is -1.09. The molecule has 1 rings (SSSR count). The summed E-state index contributed by atoms with van der Waals surface area (Å²) in [5.41, 5.74) is 7.25. The lowest BCUT2D eigenvalue weighted by Gasteiger charge is -2.04. The zero-order valence-corrected chi connectivity index (χ0v) is 6.72. The highest BCUT2D eigenvalue weighted by Gasteiger charge is 1.99. The number of aromatic amines is 1. The smallest absolute Gasteiger partial charge is 0.248 e. The van der Waals surface area contributed by atoms with Crippen LogP contribution in [-0.4, -0.2) is 4.98 Å². The number of aromatic nitrogens is 1. The fourth-order valence-electron chi connectivity index (χ4n) is 0.972. The number of hydrogen-bond acceptors (Lipinski definition) is 2. The highest BCUT2D eigenvalue weighted by molar-refractivity contribution is 5.18. The largest absolute Gasteiger partial charge is 0.326 e. The first-order valence-electron chi connectivity index (χ1n) is 3.56. The van der Waals surface area contributed by atoms with Gasteiger partial charge in [0.1, 0.15) is 0 Å². The van der Waals surface area contributed by atoms with Gasteiger partial charge in [0.25, 0.3) is 0 Å². The molecule has 0 saturated heterocycles. The minimum absolute atomic E-state index is 0.0731. The average Bonchev–Trinajstić information content (AvgIpc) is 1.85. The molecule has 1 atom stereocenters. The molecule has 1 aromatic heterocycles. The fraction of sp³-hybridized carbons (Fsp3) is 0.375. The highest BCUT2D eigenvalue weighted by atomic mass is 16.1. The quantitative estimate of drug-likeness (QED) is 0.622. The molecule has 0 amide bonds. The number of hydrogen-bond donors (Lipinski definition) is 2. The van der Waals surface area contributed by atoms with Gasteiger partial charge in [-0.25, -0.2) is 0 Å². The molecule has 0 spiro atoms. The number of rotatable bonds is 1. The van der Waals surface area contributed by atoms with Gasteiger partial charge in [-0.05, 0) is 25.5 Å². The van der Waals surface area contributed by atoms with Crippen molar-refractivity contribution in [2.45, 2.75) is 19.9 Å². The number of nitrogens with two attached hydrogens (primary N) is 1.